The van der Waals surface area contributed by atoms with E-state index in [0.29, 0.717) is 17.0 Å². The Balaban J connectivity index is 1.91. The van der Waals surface area contributed by atoms with Crippen LogP contribution in [-0.4, -0.2) is 25.5 Å². The number of methoxy groups -OCH3 is 1. The van der Waals surface area contributed by atoms with Gasteiger partial charge in [0.05, 0.1) is 19.3 Å². The molecule has 5 nitrogen and oxygen atoms in total. The van der Waals surface area contributed by atoms with Crippen LogP contribution in [0.4, 0.5) is 5.69 Å². The highest BCUT2D eigenvalue weighted by Crippen LogP contribution is 2.22. The Morgan fingerprint density at radius 3 is 2.64 bits per heavy atom. The van der Waals surface area contributed by atoms with E-state index < -0.39 is 0 Å². The molecule has 0 fully saturated rings. The predicted octanol–water partition coefficient (Wildman–Crippen LogP) is 2.83. The van der Waals surface area contributed by atoms with E-state index in [9.17, 15) is 9.59 Å². The number of anilines is 1. The Bertz CT molecular complexity index is 689. The van der Waals surface area contributed by atoms with Crippen LogP contribution in [0.3, 0.4) is 0 Å². The quantitative estimate of drug-likeness (QED) is 0.859. The van der Waals surface area contributed by atoms with Crippen LogP contribution in [0.1, 0.15) is 10.4 Å². The zero-order chi connectivity index (χ0) is 15.9. The topological polar surface area (TPSA) is 67.4 Å². The number of halogens is 1. The molecule has 0 radical (unpaired) electrons. The minimum Gasteiger partial charge on any atom is -0.495 e. The molecule has 0 spiro atoms. The standard InChI is InChI=1S/C16H15BrN2O3/c1-22-14-8-3-2-7-13(14)19-15(20)10-18-16(21)11-5-4-6-12(17)9-11/h2-9H,10H2,1H3,(H,18,21)(H,19,20). The van der Waals surface area contributed by atoms with Crippen LogP contribution in [0, 0.1) is 0 Å². The smallest absolute Gasteiger partial charge is 0.251 e. The molecule has 0 heterocycles. The van der Waals surface area contributed by atoms with Crippen molar-refractivity contribution in [2.45, 2.75) is 0 Å². The summed E-state index contributed by atoms with van der Waals surface area (Å²) in [7, 11) is 1.53. The fourth-order valence-electron chi connectivity index (χ4n) is 1.83. The molecular formula is C16H15BrN2O3. The Morgan fingerprint density at radius 1 is 1.14 bits per heavy atom. The highest BCUT2D eigenvalue weighted by atomic mass is 79.9. The molecule has 0 aliphatic heterocycles. The number of hydrogen-bond donors (Lipinski definition) is 2. The van der Waals surface area contributed by atoms with Gasteiger partial charge in [0.15, 0.2) is 0 Å². The van der Waals surface area contributed by atoms with Gasteiger partial charge < -0.3 is 15.4 Å². The summed E-state index contributed by atoms with van der Waals surface area (Å²) in [6.45, 7) is -0.122. The van der Waals surface area contributed by atoms with Crippen LogP contribution in [0.15, 0.2) is 53.0 Å². The van der Waals surface area contributed by atoms with Gasteiger partial charge in [-0.1, -0.05) is 34.1 Å². The second-order valence-electron chi connectivity index (χ2n) is 4.44. The van der Waals surface area contributed by atoms with E-state index in [2.05, 4.69) is 26.6 Å². The number of benzene rings is 2. The molecule has 0 aromatic heterocycles. The molecular weight excluding hydrogens is 348 g/mol. The average molecular weight is 363 g/mol. The van der Waals surface area contributed by atoms with Crippen molar-refractivity contribution in [2.75, 3.05) is 19.0 Å². The van der Waals surface area contributed by atoms with Crippen LogP contribution in [0.5, 0.6) is 5.75 Å². The van der Waals surface area contributed by atoms with Gasteiger partial charge in [-0.25, -0.2) is 0 Å². The second kappa shape index (κ2) is 7.61. The van der Waals surface area contributed by atoms with E-state index in [-0.39, 0.29) is 18.4 Å². The van der Waals surface area contributed by atoms with Crippen molar-refractivity contribution in [1.29, 1.82) is 0 Å². The number of nitrogens with one attached hydrogen (secondary N) is 2. The zero-order valence-corrected chi connectivity index (χ0v) is 13.5. The molecule has 2 amide bonds. The van der Waals surface area contributed by atoms with Gasteiger partial charge in [0.1, 0.15) is 5.75 Å². The fraction of sp³-hybridized carbons (Fsp3) is 0.125. The molecule has 0 saturated heterocycles. The maximum Gasteiger partial charge on any atom is 0.251 e. The van der Waals surface area contributed by atoms with Gasteiger partial charge >= 0.3 is 0 Å². The summed E-state index contributed by atoms with van der Waals surface area (Å²) >= 11 is 3.30. The molecule has 2 N–H and O–H groups in total. The molecule has 22 heavy (non-hydrogen) atoms. The summed E-state index contributed by atoms with van der Waals surface area (Å²) in [5.74, 6) is -0.0708. The Labute approximate surface area is 136 Å². The summed E-state index contributed by atoms with van der Waals surface area (Å²) < 4.78 is 5.95. The average Bonchev–Trinajstić information content (AvgIpc) is 2.53. The van der Waals surface area contributed by atoms with Crippen molar-refractivity contribution < 1.29 is 14.3 Å². The first-order valence-electron chi connectivity index (χ1n) is 6.57. The number of para-hydroxylation sites is 2. The van der Waals surface area contributed by atoms with Crippen LogP contribution in [0.2, 0.25) is 0 Å². The van der Waals surface area contributed by atoms with Crippen LogP contribution in [0.25, 0.3) is 0 Å². The van der Waals surface area contributed by atoms with Gasteiger partial charge in [0, 0.05) is 10.0 Å². The molecule has 114 valence electrons. The van der Waals surface area contributed by atoms with Gasteiger partial charge in [-0.3, -0.25) is 9.59 Å². The Kier molecular flexibility index (Phi) is 5.55. The normalized spacial score (nSPS) is 9.91. The van der Waals surface area contributed by atoms with E-state index in [0.717, 1.165) is 4.47 Å². The number of carbonyl (C=O) groups excluding carboxylic acids is 2. The lowest BCUT2D eigenvalue weighted by atomic mass is 10.2. The summed E-state index contributed by atoms with van der Waals surface area (Å²) in [4.78, 5) is 23.8. The first kappa shape index (κ1) is 16.0. The molecule has 0 unspecified atom stereocenters. The van der Waals surface area contributed by atoms with E-state index >= 15 is 0 Å². The van der Waals surface area contributed by atoms with Gasteiger partial charge in [0.2, 0.25) is 5.91 Å². The van der Waals surface area contributed by atoms with Crippen LogP contribution < -0.4 is 15.4 Å². The van der Waals surface area contributed by atoms with E-state index in [1.54, 1.807) is 36.4 Å². The van der Waals surface area contributed by atoms with Gasteiger partial charge in [0.25, 0.3) is 5.91 Å². The van der Waals surface area contributed by atoms with E-state index in [1.165, 1.54) is 7.11 Å². The molecule has 0 bridgehead atoms. The highest BCUT2D eigenvalue weighted by Gasteiger charge is 2.10. The molecule has 0 saturated carbocycles. The zero-order valence-electron chi connectivity index (χ0n) is 11.9. The monoisotopic (exact) mass is 362 g/mol. The highest BCUT2D eigenvalue weighted by molar-refractivity contribution is 9.10. The minimum atomic E-state index is -0.326. The van der Waals surface area contributed by atoms with Crippen molar-refractivity contribution in [3.63, 3.8) is 0 Å². The van der Waals surface area contributed by atoms with Gasteiger partial charge in [-0.15, -0.1) is 0 Å². The van der Waals surface area contributed by atoms with Crippen molar-refractivity contribution in [3.8, 4) is 5.75 Å². The first-order chi connectivity index (χ1) is 10.6. The van der Waals surface area contributed by atoms with E-state index in [4.69, 9.17) is 4.74 Å². The molecule has 0 aliphatic rings. The predicted molar refractivity (Wildman–Crippen MR) is 88.1 cm³/mol. The molecule has 0 atom stereocenters. The number of carbonyl (C=O) groups is 2. The van der Waals surface area contributed by atoms with Gasteiger partial charge in [-0.2, -0.15) is 0 Å². The lowest BCUT2D eigenvalue weighted by molar-refractivity contribution is -0.115. The maximum atomic E-state index is 11.9. The van der Waals surface area contributed by atoms with Crippen molar-refractivity contribution in [3.05, 3.63) is 58.6 Å². The molecule has 2 aromatic carbocycles. The minimum absolute atomic E-state index is 0.122. The molecule has 6 heteroatoms. The van der Waals surface area contributed by atoms with Crippen LogP contribution in [-0.2, 0) is 4.79 Å². The molecule has 2 rings (SSSR count). The van der Waals surface area contributed by atoms with Crippen molar-refractivity contribution >= 4 is 33.4 Å². The largest absolute Gasteiger partial charge is 0.495 e. The number of rotatable bonds is 5. The van der Waals surface area contributed by atoms with Crippen molar-refractivity contribution in [1.82, 2.24) is 5.32 Å². The van der Waals surface area contributed by atoms with Crippen molar-refractivity contribution in [2.24, 2.45) is 0 Å². The Hall–Kier alpha value is -2.34. The first-order valence-corrected chi connectivity index (χ1v) is 7.36. The number of amides is 2. The third-order valence-electron chi connectivity index (χ3n) is 2.88. The summed E-state index contributed by atoms with van der Waals surface area (Å²) in [6, 6.07) is 14.0. The Morgan fingerprint density at radius 2 is 1.91 bits per heavy atom. The SMILES string of the molecule is COc1ccccc1NC(=O)CNC(=O)c1cccc(Br)c1. The summed E-state index contributed by atoms with van der Waals surface area (Å²) in [6.07, 6.45) is 0. The number of hydrogen-bond acceptors (Lipinski definition) is 3. The number of ether oxygens (including phenoxy) is 1. The lowest BCUT2D eigenvalue weighted by Crippen LogP contribution is -2.32. The third kappa shape index (κ3) is 4.33. The third-order valence-corrected chi connectivity index (χ3v) is 3.37. The van der Waals surface area contributed by atoms with E-state index in [1.807, 2.05) is 12.1 Å². The maximum absolute atomic E-state index is 11.9. The summed E-state index contributed by atoms with van der Waals surface area (Å²) in [5.41, 5.74) is 1.05. The summed E-state index contributed by atoms with van der Waals surface area (Å²) in [5, 5.41) is 5.26. The molecule has 2 aromatic rings. The molecule has 0 aliphatic carbocycles. The van der Waals surface area contributed by atoms with Gasteiger partial charge in [-0.05, 0) is 30.3 Å². The fourth-order valence-corrected chi connectivity index (χ4v) is 2.23. The lowest BCUT2D eigenvalue weighted by Gasteiger charge is -2.10. The van der Waals surface area contributed by atoms with Crippen LogP contribution >= 0.6 is 15.9 Å². The second-order valence-corrected chi connectivity index (χ2v) is 5.36.